The highest BCUT2D eigenvalue weighted by Crippen LogP contribution is 2.45. The molecule has 0 saturated heterocycles. The molecule has 2 nitrogen and oxygen atoms in total. The van der Waals surface area contributed by atoms with E-state index in [4.69, 9.17) is 0 Å². The van der Waals surface area contributed by atoms with E-state index < -0.39 is 0 Å². The molecule has 0 amide bonds. The van der Waals surface area contributed by atoms with E-state index in [0.29, 0.717) is 0 Å². The zero-order valence-electron chi connectivity index (χ0n) is 15.0. The van der Waals surface area contributed by atoms with Gasteiger partial charge in [-0.1, -0.05) is 72.8 Å². The minimum atomic E-state index is 1.29. The number of fused-ring (bicyclic) bond motifs is 11. The van der Waals surface area contributed by atoms with Gasteiger partial charge in [0, 0.05) is 32.3 Å². The predicted octanol–water partition coefficient (Wildman–Crippen LogP) is 6.83. The van der Waals surface area contributed by atoms with E-state index in [1.165, 1.54) is 65.4 Å². The molecule has 0 saturated carbocycles. The van der Waals surface area contributed by atoms with Gasteiger partial charge in [0.1, 0.15) is 0 Å². The predicted molar refractivity (Wildman–Crippen MR) is 118 cm³/mol. The molecule has 128 valence electrons. The van der Waals surface area contributed by atoms with Crippen molar-refractivity contribution in [1.82, 2.24) is 8.80 Å². The summed E-state index contributed by atoms with van der Waals surface area (Å²) in [6.45, 7) is 0. The van der Waals surface area contributed by atoms with Crippen molar-refractivity contribution >= 4 is 65.4 Å². The Kier molecular flexibility index (Phi) is 2.01. The second-order valence-corrected chi connectivity index (χ2v) is 7.81. The van der Waals surface area contributed by atoms with Crippen LogP contribution in [-0.4, -0.2) is 8.80 Å². The molecule has 2 heteroatoms. The Morgan fingerprint density at radius 3 is 1.21 bits per heavy atom. The second kappa shape index (κ2) is 4.20. The van der Waals surface area contributed by atoms with E-state index in [9.17, 15) is 0 Å². The Bertz CT molecular complexity index is 1720. The van der Waals surface area contributed by atoms with Gasteiger partial charge in [-0.15, -0.1) is 0 Å². The number of para-hydroxylation sites is 4. The standard InChI is InChI=1S/C26H14N2/c1-3-13-21-15(7-1)17-9-5-11-19-23(17)27(21)25-20-12-6-10-18-16-8-2-4-14-22(16)28(24(18)20)26(19)25/h1-14H. The molecule has 4 aromatic carbocycles. The molecule has 0 aliphatic heterocycles. The maximum absolute atomic E-state index is 2.49. The van der Waals surface area contributed by atoms with Crippen LogP contribution in [0.1, 0.15) is 0 Å². The first-order valence-corrected chi connectivity index (χ1v) is 9.73. The Hall–Kier alpha value is -3.78. The summed E-state index contributed by atoms with van der Waals surface area (Å²) in [6.07, 6.45) is 0. The molecule has 0 bridgehead atoms. The van der Waals surface area contributed by atoms with E-state index in [0.717, 1.165) is 0 Å². The fourth-order valence-electron chi connectivity index (χ4n) is 5.59. The number of aromatic nitrogens is 2. The highest BCUT2D eigenvalue weighted by atomic mass is 15.0. The third-order valence-electron chi connectivity index (χ3n) is 6.57. The molecular formula is C26H14N2. The lowest BCUT2D eigenvalue weighted by Gasteiger charge is -1.96. The van der Waals surface area contributed by atoms with E-state index in [1.807, 2.05) is 0 Å². The van der Waals surface area contributed by atoms with Crippen LogP contribution in [0.2, 0.25) is 0 Å². The average Bonchev–Trinajstić information content (AvgIpc) is 3.45. The summed E-state index contributed by atoms with van der Waals surface area (Å²) in [4.78, 5) is 0. The van der Waals surface area contributed by atoms with Crippen LogP contribution in [0.5, 0.6) is 0 Å². The maximum atomic E-state index is 2.49. The second-order valence-electron chi connectivity index (χ2n) is 7.81. The van der Waals surface area contributed by atoms with Gasteiger partial charge < -0.3 is 8.80 Å². The number of nitrogens with zero attached hydrogens (tertiary/aromatic N) is 2. The SMILES string of the molecule is c1ccc2c(c1)c1cccc3c1n2c1c2cccc4c5ccccc5n(c42)c31. The first-order valence-electron chi connectivity index (χ1n) is 9.73. The highest BCUT2D eigenvalue weighted by Gasteiger charge is 2.24. The van der Waals surface area contributed by atoms with Gasteiger partial charge >= 0.3 is 0 Å². The molecular weight excluding hydrogens is 340 g/mol. The monoisotopic (exact) mass is 354 g/mol. The van der Waals surface area contributed by atoms with E-state index in [1.54, 1.807) is 0 Å². The van der Waals surface area contributed by atoms with Crippen molar-refractivity contribution in [3.8, 4) is 0 Å². The molecule has 0 atom stereocenters. The molecule has 0 spiro atoms. The number of rotatable bonds is 0. The molecule has 4 heterocycles. The lowest BCUT2D eigenvalue weighted by molar-refractivity contribution is 1.37. The summed E-state index contributed by atoms with van der Waals surface area (Å²) in [7, 11) is 0. The van der Waals surface area contributed by atoms with Crippen LogP contribution in [0.3, 0.4) is 0 Å². The highest BCUT2D eigenvalue weighted by molar-refractivity contribution is 6.31. The zero-order valence-corrected chi connectivity index (χ0v) is 15.0. The zero-order chi connectivity index (χ0) is 18.0. The number of hydrogen-bond donors (Lipinski definition) is 0. The smallest absolute Gasteiger partial charge is 0.0804 e. The van der Waals surface area contributed by atoms with Crippen molar-refractivity contribution in [1.29, 1.82) is 0 Å². The Morgan fingerprint density at radius 2 is 0.714 bits per heavy atom. The van der Waals surface area contributed by atoms with Crippen LogP contribution >= 0.6 is 0 Å². The van der Waals surface area contributed by atoms with Gasteiger partial charge in [-0.05, 0) is 12.1 Å². The summed E-state index contributed by atoms with van der Waals surface area (Å²) in [5.41, 5.74) is 7.93. The Labute approximate surface area is 159 Å². The van der Waals surface area contributed by atoms with Crippen molar-refractivity contribution in [2.75, 3.05) is 0 Å². The molecule has 0 aliphatic carbocycles. The van der Waals surface area contributed by atoms with Gasteiger partial charge in [-0.2, -0.15) is 0 Å². The fraction of sp³-hybridized carbons (Fsp3) is 0. The summed E-state index contributed by atoms with van der Waals surface area (Å²) in [6, 6.07) is 31.1. The summed E-state index contributed by atoms with van der Waals surface area (Å²) < 4.78 is 4.98. The van der Waals surface area contributed by atoms with Crippen LogP contribution in [0.4, 0.5) is 0 Å². The van der Waals surface area contributed by atoms with E-state index in [2.05, 4.69) is 93.7 Å². The molecule has 0 fully saturated rings. The summed E-state index contributed by atoms with van der Waals surface area (Å²) >= 11 is 0. The minimum absolute atomic E-state index is 1.29. The summed E-state index contributed by atoms with van der Waals surface area (Å²) in [5, 5.41) is 8.02. The van der Waals surface area contributed by atoms with Gasteiger partial charge in [0.25, 0.3) is 0 Å². The topological polar surface area (TPSA) is 8.82 Å². The first kappa shape index (κ1) is 13.4. The third-order valence-corrected chi connectivity index (χ3v) is 6.57. The molecule has 0 radical (unpaired) electrons. The number of benzene rings is 4. The maximum Gasteiger partial charge on any atom is 0.0804 e. The van der Waals surface area contributed by atoms with Crippen LogP contribution in [0.15, 0.2) is 84.9 Å². The molecule has 0 N–H and O–H groups in total. The molecule has 0 unspecified atom stereocenters. The van der Waals surface area contributed by atoms with Gasteiger partial charge in [-0.25, -0.2) is 0 Å². The lowest BCUT2D eigenvalue weighted by atomic mass is 10.1. The summed E-state index contributed by atoms with van der Waals surface area (Å²) in [5.74, 6) is 0. The van der Waals surface area contributed by atoms with Gasteiger partial charge in [0.15, 0.2) is 0 Å². The van der Waals surface area contributed by atoms with Gasteiger partial charge in [0.05, 0.1) is 33.1 Å². The largest absolute Gasteiger partial charge is 0.306 e. The average molecular weight is 354 g/mol. The van der Waals surface area contributed by atoms with Crippen molar-refractivity contribution in [3.05, 3.63) is 84.9 Å². The van der Waals surface area contributed by atoms with E-state index >= 15 is 0 Å². The van der Waals surface area contributed by atoms with Crippen LogP contribution in [-0.2, 0) is 0 Å². The van der Waals surface area contributed by atoms with Crippen molar-refractivity contribution in [2.24, 2.45) is 0 Å². The molecule has 4 aromatic heterocycles. The third kappa shape index (κ3) is 1.23. The van der Waals surface area contributed by atoms with Crippen molar-refractivity contribution < 1.29 is 0 Å². The first-order chi connectivity index (χ1) is 13.9. The van der Waals surface area contributed by atoms with Crippen molar-refractivity contribution in [3.63, 3.8) is 0 Å². The molecule has 28 heavy (non-hydrogen) atoms. The van der Waals surface area contributed by atoms with Crippen molar-refractivity contribution in [2.45, 2.75) is 0 Å². The molecule has 8 aromatic rings. The fourth-order valence-corrected chi connectivity index (χ4v) is 5.59. The van der Waals surface area contributed by atoms with E-state index in [-0.39, 0.29) is 0 Å². The molecule has 0 aliphatic rings. The lowest BCUT2D eigenvalue weighted by Crippen LogP contribution is -1.79. The van der Waals surface area contributed by atoms with Crippen LogP contribution < -0.4 is 0 Å². The Balaban J connectivity index is 1.87. The Morgan fingerprint density at radius 1 is 0.321 bits per heavy atom. The number of hydrogen-bond acceptors (Lipinski definition) is 0. The van der Waals surface area contributed by atoms with Crippen LogP contribution in [0, 0.1) is 0 Å². The van der Waals surface area contributed by atoms with Gasteiger partial charge in [-0.3, -0.25) is 0 Å². The molecule has 8 rings (SSSR count). The minimum Gasteiger partial charge on any atom is -0.306 e. The quantitative estimate of drug-likeness (QED) is 0.282. The van der Waals surface area contributed by atoms with Crippen LogP contribution in [0.25, 0.3) is 65.4 Å². The normalized spacial score (nSPS) is 13.0. The van der Waals surface area contributed by atoms with Gasteiger partial charge in [0.2, 0.25) is 0 Å².